The van der Waals surface area contributed by atoms with Gasteiger partial charge in [-0.05, 0) is 18.2 Å². The van der Waals surface area contributed by atoms with Gasteiger partial charge in [0.25, 0.3) is 0 Å². The Morgan fingerprint density at radius 2 is 1.75 bits per heavy atom. The van der Waals surface area contributed by atoms with Crippen LogP contribution in [0.1, 0.15) is 0 Å². The molecule has 0 fully saturated rings. The number of hydrogen-bond acceptors (Lipinski definition) is 0. The fraction of sp³-hybridized carbons (Fsp3) is 0.143. The molecule has 0 heterocycles. The predicted octanol–water partition coefficient (Wildman–Crippen LogP) is -0.594. The van der Waals surface area contributed by atoms with Gasteiger partial charge >= 0.3 is 6.18 Å². The van der Waals surface area contributed by atoms with Crippen LogP contribution in [0, 0.1) is 6.42 Å². The van der Waals surface area contributed by atoms with Crippen LogP contribution in [0.3, 0.4) is 0 Å². The Hall–Kier alpha value is 0.192. The zero-order valence-electron chi connectivity index (χ0n) is 5.64. The molecular weight excluding hydrogens is 327 g/mol. The summed E-state index contributed by atoms with van der Waals surface area (Å²) in [4.78, 5) is 0. The first kappa shape index (κ1) is 14.7. The molecule has 5 heteroatoms. The Morgan fingerprint density at radius 1 is 1.17 bits per heavy atom. The SMILES string of the molecule is FC(F)(F)C1=CC=C=C[CH]1.[Br-].[Pd]. The van der Waals surface area contributed by atoms with E-state index in [9.17, 15) is 13.2 Å². The predicted molar refractivity (Wildman–Crippen MR) is 31.1 cm³/mol. The van der Waals surface area contributed by atoms with E-state index in [0.717, 1.165) is 12.5 Å². The van der Waals surface area contributed by atoms with Crippen LogP contribution in [0.15, 0.2) is 29.5 Å². The molecule has 0 bridgehead atoms. The fourth-order valence-electron chi connectivity index (χ4n) is 0.576. The summed E-state index contributed by atoms with van der Waals surface area (Å²) in [6.45, 7) is 0. The van der Waals surface area contributed by atoms with Gasteiger partial charge in [0.1, 0.15) is 0 Å². The van der Waals surface area contributed by atoms with Crippen molar-refractivity contribution in [1.29, 1.82) is 0 Å². The van der Waals surface area contributed by atoms with Crippen LogP contribution in [0.5, 0.6) is 0 Å². The third kappa shape index (κ3) is 4.28. The molecule has 0 N–H and O–H groups in total. The maximum Gasteiger partial charge on any atom is 0.413 e. The average molecular weight is 331 g/mol. The molecule has 12 heavy (non-hydrogen) atoms. The van der Waals surface area contributed by atoms with Crippen molar-refractivity contribution >= 4 is 0 Å². The molecule has 1 aliphatic rings. The molecule has 0 aliphatic heterocycles. The van der Waals surface area contributed by atoms with Crippen LogP contribution in [0.25, 0.3) is 0 Å². The summed E-state index contributed by atoms with van der Waals surface area (Å²) in [5.74, 6) is 0. The molecule has 0 atom stereocenters. The van der Waals surface area contributed by atoms with Gasteiger partial charge < -0.3 is 17.0 Å². The Kier molecular flexibility index (Phi) is 7.07. The second kappa shape index (κ2) is 5.77. The van der Waals surface area contributed by atoms with E-state index in [1.54, 1.807) is 0 Å². The summed E-state index contributed by atoms with van der Waals surface area (Å²) >= 11 is 0. The quantitative estimate of drug-likeness (QED) is 0.411. The molecule has 0 saturated heterocycles. The molecular formula is C7H4BrF3Pd-. The average Bonchev–Trinajstić information content (AvgIpc) is 1.88. The molecule has 0 amide bonds. The first-order valence-electron chi connectivity index (χ1n) is 2.64. The van der Waals surface area contributed by atoms with Gasteiger partial charge in [-0.1, -0.05) is 0 Å². The number of alkyl halides is 3. The van der Waals surface area contributed by atoms with Crippen LogP contribution in [-0.2, 0) is 20.4 Å². The first-order valence-corrected chi connectivity index (χ1v) is 2.64. The minimum absolute atomic E-state index is 0. The molecule has 0 unspecified atom stereocenters. The molecule has 0 saturated carbocycles. The van der Waals surface area contributed by atoms with Crippen molar-refractivity contribution in [2.45, 2.75) is 6.18 Å². The van der Waals surface area contributed by atoms with Crippen molar-refractivity contribution in [3.63, 3.8) is 0 Å². The number of halogens is 4. The van der Waals surface area contributed by atoms with E-state index < -0.39 is 11.7 Å². The topological polar surface area (TPSA) is 0 Å². The van der Waals surface area contributed by atoms with Crippen molar-refractivity contribution < 1.29 is 50.6 Å². The zero-order valence-corrected chi connectivity index (χ0v) is 8.78. The number of hydrogen-bond donors (Lipinski definition) is 0. The maximum atomic E-state index is 11.8. The monoisotopic (exact) mass is 330 g/mol. The van der Waals surface area contributed by atoms with Gasteiger partial charge in [-0.25, -0.2) is 0 Å². The molecule has 1 aliphatic carbocycles. The molecule has 0 aromatic carbocycles. The normalized spacial score (nSPS) is 14.4. The van der Waals surface area contributed by atoms with Crippen molar-refractivity contribution in [2.75, 3.05) is 0 Å². The second-order valence-electron chi connectivity index (χ2n) is 1.79. The molecule has 71 valence electrons. The van der Waals surface area contributed by atoms with E-state index in [4.69, 9.17) is 0 Å². The van der Waals surface area contributed by atoms with Gasteiger partial charge in [0, 0.05) is 32.4 Å². The second-order valence-corrected chi connectivity index (χ2v) is 1.79. The Morgan fingerprint density at radius 3 is 2.00 bits per heavy atom. The summed E-state index contributed by atoms with van der Waals surface area (Å²) < 4.78 is 35.3. The van der Waals surface area contributed by atoms with E-state index in [1.165, 1.54) is 12.2 Å². The van der Waals surface area contributed by atoms with Gasteiger partial charge in [-0.15, -0.1) is 5.73 Å². The van der Waals surface area contributed by atoms with Crippen LogP contribution in [0.2, 0.25) is 0 Å². The zero-order chi connectivity index (χ0) is 7.61. The molecule has 0 spiro atoms. The molecule has 1 radical (unpaired) electrons. The summed E-state index contributed by atoms with van der Waals surface area (Å²) in [5, 5.41) is 0. The third-order valence-corrected chi connectivity index (χ3v) is 1.05. The molecule has 0 aromatic rings. The minimum atomic E-state index is -4.23. The Bertz CT molecular complexity index is 223. The molecule has 0 aromatic heterocycles. The van der Waals surface area contributed by atoms with Crippen LogP contribution in [-0.4, -0.2) is 6.18 Å². The largest absolute Gasteiger partial charge is 1.00 e. The van der Waals surface area contributed by atoms with Gasteiger partial charge in [0.05, 0.1) is 0 Å². The summed E-state index contributed by atoms with van der Waals surface area (Å²) in [6.07, 6.45) is 0.223. The van der Waals surface area contributed by atoms with E-state index in [2.05, 4.69) is 5.73 Å². The van der Waals surface area contributed by atoms with Crippen molar-refractivity contribution in [2.24, 2.45) is 0 Å². The van der Waals surface area contributed by atoms with Gasteiger partial charge in [0.2, 0.25) is 0 Å². The standard InChI is InChI=1S/C7H4F3.BrH.Pd/c8-7(9,10)6-4-2-1-3-5-6;;/h2-5H;1H;/p-1. The van der Waals surface area contributed by atoms with E-state index in [-0.39, 0.29) is 37.4 Å². The van der Waals surface area contributed by atoms with Crippen LogP contribution < -0.4 is 17.0 Å². The number of rotatable bonds is 0. The summed E-state index contributed by atoms with van der Waals surface area (Å²) in [7, 11) is 0. The van der Waals surface area contributed by atoms with Crippen LogP contribution in [0.4, 0.5) is 13.2 Å². The maximum absolute atomic E-state index is 11.8. The first-order chi connectivity index (χ1) is 4.61. The summed E-state index contributed by atoms with van der Waals surface area (Å²) in [6, 6.07) is 0. The number of allylic oxidation sites excluding steroid dienone is 3. The Balaban J connectivity index is 0. The van der Waals surface area contributed by atoms with E-state index in [0.29, 0.717) is 0 Å². The summed E-state index contributed by atoms with van der Waals surface area (Å²) in [5.41, 5.74) is 1.87. The van der Waals surface area contributed by atoms with E-state index in [1.807, 2.05) is 0 Å². The third-order valence-electron chi connectivity index (χ3n) is 1.05. The minimum Gasteiger partial charge on any atom is -1.00 e. The Labute approximate surface area is 92.6 Å². The molecule has 0 nitrogen and oxygen atoms in total. The van der Waals surface area contributed by atoms with Gasteiger partial charge in [0.15, 0.2) is 0 Å². The van der Waals surface area contributed by atoms with Crippen molar-refractivity contribution in [1.82, 2.24) is 0 Å². The van der Waals surface area contributed by atoms with Gasteiger partial charge in [-0.2, -0.15) is 13.2 Å². The molecule has 1 rings (SSSR count). The fourth-order valence-corrected chi connectivity index (χ4v) is 0.576. The smallest absolute Gasteiger partial charge is 0.413 e. The van der Waals surface area contributed by atoms with E-state index >= 15 is 0 Å². The van der Waals surface area contributed by atoms with Crippen molar-refractivity contribution in [3.8, 4) is 0 Å². The van der Waals surface area contributed by atoms with Gasteiger partial charge in [-0.3, -0.25) is 0 Å². The van der Waals surface area contributed by atoms with Crippen LogP contribution >= 0.6 is 0 Å². The van der Waals surface area contributed by atoms with Crippen molar-refractivity contribution in [3.05, 3.63) is 36.0 Å².